The van der Waals surface area contributed by atoms with Crippen LogP contribution in [0.3, 0.4) is 0 Å². The Kier molecular flexibility index (Phi) is 5.22. The Labute approximate surface area is 132 Å². The standard InChI is InChI=1S/C15H18BrNO4/c1-21-12-4-2-11(3-5-12)13(7-15(19)20)17-9-10(8-16)6-14(17)18/h2-5,10,13H,6-9H2,1H3,(H,19,20). The molecule has 1 aliphatic heterocycles. The number of halogens is 1. The van der Waals surface area contributed by atoms with Gasteiger partial charge in [0, 0.05) is 18.3 Å². The summed E-state index contributed by atoms with van der Waals surface area (Å²) in [5.41, 5.74) is 0.821. The third-order valence-corrected chi connectivity index (χ3v) is 4.62. The summed E-state index contributed by atoms with van der Waals surface area (Å²) in [7, 11) is 1.58. The Morgan fingerprint density at radius 1 is 1.48 bits per heavy atom. The second-order valence-electron chi connectivity index (χ2n) is 5.16. The molecule has 2 atom stereocenters. The highest BCUT2D eigenvalue weighted by molar-refractivity contribution is 9.09. The van der Waals surface area contributed by atoms with Crippen LogP contribution in [0.15, 0.2) is 24.3 Å². The molecule has 1 heterocycles. The molecule has 0 saturated carbocycles. The first-order valence-corrected chi connectivity index (χ1v) is 7.88. The van der Waals surface area contributed by atoms with E-state index < -0.39 is 12.0 Å². The van der Waals surface area contributed by atoms with Crippen molar-refractivity contribution in [1.82, 2.24) is 4.90 Å². The molecule has 1 saturated heterocycles. The zero-order chi connectivity index (χ0) is 15.4. The predicted molar refractivity (Wildman–Crippen MR) is 81.6 cm³/mol. The lowest BCUT2D eigenvalue weighted by atomic mass is 10.0. The highest BCUT2D eigenvalue weighted by Gasteiger charge is 2.35. The van der Waals surface area contributed by atoms with Crippen LogP contribution in [-0.2, 0) is 9.59 Å². The summed E-state index contributed by atoms with van der Waals surface area (Å²) < 4.78 is 5.11. The van der Waals surface area contributed by atoms with E-state index in [1.54, 1.807) is 24.1 Å². The molecule has 0 aromatic heterocycles. The number of likely N-dealkylation sites (tertiary alicyclic amines) is 1. The molecule has 5 nitrogen and oxygen atoms in total. The van der Waals surface area contributed by atoms with Crippen LogP contribution in [0.1, 0.15) is 24.4 Å². The molecule has 1 N–H and O–H groups in total. The van der Waals surface area contributed by atoms with Crippen molar-refractivity contribution in [2.45, 2.75) is 18.9 Å². The first-order valence-electron chi connectivity index (χ1n) is 6.76. The SMILES string of the molecule is COc1ccc(C(CC(=O)O)N2CC(CBr)CC2=O)cc1. The van der Waals surface area contributed by atoms with Gasteiger partial charge in [-0.1, -0.05) is 28.1 Å². The second kappa shape index (κ2) is 6.93. The average Bonchev–Trinajstić information content (AvgIpc) is 2.86. The molecular formula is C15H18BrNO4. The van der Waals surface area contributed by atoms with Crippen LogP contribution in [0.25, 0.3) is 0 Å². The normalized spacial score (nSPS) is 19.6. The molecule has 1 aromatic rings. The Morgan fingerprint density at radius 2 is 2.14 bits per heavy atom. The van der Waals surface area contributed by atoms with Gasteiger partial charge >= 0.3 is 5.97 Å². The van der Waals surface area contributed by atoms with Crippen LogP contribution in [0.2, 0.25) is 0 Å². The summed E-state index contributed by atoms with van der Waals surface area (Å²) in [4.78, 5) is 25.0. The number of carbonyl (C=O) groups is 2. The number of carboxylic acid groups (broad SMARTS) is 1. The van der Waals surface area contributed by atoms with Gasteiger partial charge in [-0.3, -0.25) is 9.59 Å². The Morgan fingerprint density at radius 3 is 2.62 bits per heavy atom. The quantitative estimate of drug-likeness (QED) is 0.796. The van der Waals surface area contributed by atoms with E-state index in [0.29, 0.717) is 18.7 Å². The summed E-state index contributed by atoms with van der Waals surface area (Å²) in [5.74, 6) is 0.0541. The molecule has 0 bridgehead atoms. The van der Waals surface area contributed by atoms with E-state index >= 15 is 0 Å². The summed E-state index contributed by atoms with van der Waals surface area (Å²) in [6.45, 7) is 0.591. The van der Waals surface area contributed by atoms with Gasteiger partial charge in [0.1, 0.15) is 5.75 Å². The van der Waals surface area contributed by atoms with E-state index in [1.807, 2.05) is 12.1 Å². The Balaban J connectivity index is 2.25. The fourth-order valence-electron chi connectivity index (χ4n) is 2.61. The van der Waals surface area contributed by atoms with Gasteiger partial charge in [-0.05, 0) is 23.6 Å². The van der Waals surface area contributed by atoms with Crippen molar-refractivity contribution < 1.29 is 19.4 Å². The van der Waals surface area contributed by atoms with Crippen LogP contribution < -0.4 is 4.74 Å². The smallest absolute Gasteiger partial charge is 0.305 e. The monoisotopic (exact) mass is 355 g/mol. The van der Waals surface area contributed by atoms with Crippen molar-refractivity contribution in [3.63, 3.8) is 0 Å². The first kappa shape index (κ1) is 15.8. The third kappa shape index (κ3) is 3.75. The molecule has 1 fully saturated rings. The predicted octanol–water partition coefficient (Wildman–Crippen LogP) is 2.45. The molecule has 21 heavy (non-hydrogen) atoms. The lowest BCUT2D eigenvalue weighted by molar-refractivity contribution is -0.139. The Hall–Kier alpha value is -1.56. The largest absolute Gasteiger partial charge is 0.497 e. The van der Waals surface area contributed by atoms with Crippen LogP contribution >= 0.6 is 15.9 Å². The number of hydrogen-bond acceptors (Lipinski definition) is 3. The third-order valence-electron chi connectivity index (χ3n) is 3.70. The number of benzene rings is 1. The fourth-order valence-corrected chi connectivity index (χ4v) is 3.05. The van der Waals surface area contributed by atoms with Gasteiger partial charge in [0.2, 0.25) is 5.91 Å². The average molecular weight is 356 g/mol. The summed E-state index contributed by atoms with van der Waals surface area (Å²) in [6, 6.07) is 6.78. The number of carbonyl (C=O) groups excluding carboxylic acids is 1. The number of hydrogen-bond donors (Lipinski definition) is 1. The van der Waals surface area contributed by atoms with Crippen LogP contribution in [-0.4, -0.2) is 40.9 Å². The molecule has 2 unspecified atom stereocenters. The molecule has 0 spiro atoms. The van der Waals surface area contributed by atoms with E-state index in [4.69, 9.17) is 9.84 Å². The number of ether oxygens (including phenoxy) is 1. The molecule has 114 valence electrons. The topological polar surface area (TPSA) is 66.8 Å². The zero-order valence-corrected chi connectivity index (χ0v) is 13.4. The maximum atomic E-state index is 12.2. The minimum atomic E-state index is -0.911. The molecular weight excluding hydrogens is 338 g/mol. The molecule has 6 heteroatoms. The van der Waals surface area contributed by atoms with Crippen LogP contribution in [0.5, 0.6) is 5.75 Å². The number of rotatable bonds is 6. The second-order valence-corrected chi connectivity index (χ2v) is 5.80. The van der Waals surface area contributed by atoms with Crippen LogP contribution in [0.4, 0.5) is 0 Å². The molecule has 0 aliphatic carbocycles. The molecule has 2 rings (SSSR count). The summed E-state index contributed by atoms with van der Waals surface area (Å²) in [5, 5.41) is 9.89. The lowest BCUT2D eigenvalue weighted by Crippen LogP contribution is -2.32. The number of methoxy groups -OCH3 is 1. The zero-order valence-electron chi connectivity index (χ0n) is 11.8. The molecule has 1 amide bonds. The van der Waals surface area contributed by atoms with Crippen molar-refractivity contribution >= 4 is 27.8 Å². The van der Waals surface area contributed by atoms with Gasteiger partial charge in [0.15, 0.2) is 0 Å². The minimum Gasteiger partial charge on any atom is -0.497 e. The van der Waals surface area contributed by atoms with Gasteiger partial charge in [-0.15, -0.1) is 0 Å². The molecule has 0 radical (unpaired) electrons. The van der Waals surface area contributed by atoms with E-state index in [2.05, 4.69) is 15.9 Å². The van der Waals surface area contributed by atoms with Crippen molar-refractivity contribution in [2.24, 2.45) is 5.92 Å². The molecule has 1 aromatic carbocycles. The van der Waals surface area contributed by atoms with Gasteiger partial charge < -0.3 is 14.7 Å². The van der Waals surface area contributed by atoms with Crippen molar-refractivity contribution in [3.8, 4) is 5.75 Å². The van der Waals surface area contributed by atoms with Gasteiger partial charge in [-0.25, -0.2) is 0 Å². The maximum Gasteiger partial charge on any atom is 0.305 e. The number of alkyl halides is 1. The lowest BCUT2D eigenvalue weighted by Gasteiger charge is -2.27. The van der Waals surface area contributed by atoms with Crippen LogP contribution in [0, 0.1) is 5.92 Å². The van der Waals surface area contributed by atoms with Gasteiger partial charge in [0.25, 0.3) is 0 Å². The first-order chi connectivity index (χ1) is 10.0. The Bertz CT molecular complexity index is 517. The maximum absolute atomic E-state index is 12.2. The minimum absolute atomic E-state index is 0.0153. The van der Waals surface area contributed by atoms with Crippen molar-refractivity contribution in [1.29, 1.82) is 0 Å². The van der Waals surface area contributed by atoms with Crippen molar-refractivity contribution in [2.75, 3.05) is 19.0 Å². The highest BCUT2D eigenvalue weighted by Crippen LogP contribution is 2.32. The van der Waals surface area contributed by atoms with E-state index in [9.17, 15) is 9.59 Å². The number of nitrogens with zero attached hydrogens (tertiary/aromatic N) is 1. The molecule has 1 aliphatic rings. The number of amides is 1. The highest BCUT2D eigenvalue weighted by atomic mass is 79.9. The summed E-state index contributed by atoms with van der Waals surface area (Å²) >= 11 is 3.39. The van der Waals surface area contributed by atoms with Gasteiger partial charge in [-0.2, -0.15) is 0 Å². The number of aliphatic carboxylic acids is 1. The number of carboxylic acids is 1. The van der Waals surface area contributed by atoms with E-state index in [-0.39, 0.29) is 18.2 Å². The van der Waals surface area contributed by atoms with E-state index in [1.165, 1.54) is 0 Å². The van der Waals surface area contributed by atoms with Crippen molar-refractivity contribution in [3.05, 3.63) is 29.8 Å². The van der Waals surface area contributed by atoms with Gasteiger partial charge in [0.05, 0.1) is 19.6 Å². The fraction of sp³-hybridized carbons (Fsp3) is 0.467. The summed E-state index contributed by atoms with van der Waals surface area (Å²) in [6.07, 6.45) is 0.380. The van der Waals surface area contributed by atoms with E-state index in [0.717, 1.165) is 10.9 Å².